The van der Waals surface area contributed by atoms with E-state index in [2.05, 4.69) is 189 Å². The number of hydrogen-bond acceptors (Lipinski definition) is 3. The molecule has 10 rings (SSSR count). The Labute approximate surface area is 305 Å². The minimum atomic E-state index is -0.425. The molecule has 1 heterocycles. The molecule has 0 aromatic heterocycles. The normalized spacial score (nSPS) is 17.2. The Kier molecular flexibility index (Phi) is 6.81. The fraction of sp³-hybridized carbons (Fsp3) is 0.102. The summed E-state index contributed by atoms with van der Waals surface area (Å²) in [5.41, 5.74) is 15.4. The highest BCUT2D eigenvalue weighted by molar-refractivity contribution is 6.13. The van der Waals surface area contributed by atoms with Crippen molar-refractivity contribution in [2.24, 2.45) is 9.98 Å². The Morgan fingerprint density at radius 3 is 1.71 bits per heavy atom. The third-order valence-corrected chi connectivity index (χ3v) is 11.4. The van der Waals surface area contributed by atoms with E-state index < -0.39 is 5.41 Å². The number of fused-ring (bicyclic) bond motifs is 9. The molecule has 7 aromatic rings. The molecule has 1 N–H and O–H groups in total. The van der Waals surface area contributed by atoms with Gasteiger partial charge in [0.05, 0.1) is 5.41 Å². The molecule has 3 aliphatic rings. The summed E-state index contributed by atoms with van der Waals surface area (Å²) in [5, 5.41) is 3.74. The molecule has 3 nitrogen and oxygen atoms in total. The molecular weight excluding hydrogens is 631 g/mol. The molecule has 3 heteroatoms. The van der Waals surface area contributed by atoms with Crippen LogP contribution in [0.25, 0.3) is 22.3 Å². The zero-order valence-electron chi connectivity index (χ0n) is 29.2. The first kappa shape index (κ1) is 30.5. The number of nitrogens with zero attached hydrogens (tertiary/aromatic N) is 2. The highest BCUT2D eigenvalue weighted by Gasteiger charge is 2.53. The molecule has 248 valence electrons. The van der Waals surface area contributed by atoms with Crippen molar-refractivity contribution in [2.45, 2.75) is 30.8 Å². The summed E-state index contributed by atoms with van der Waals surface area (Å²) in [6.07, 6.45) is -0.284. The highest BCUT2D eigenvalue weighted by atomic mass is 15.2. The van der Waals surface area contributed by atoms with Crippen LogP contribution in [0.4, 0.5) is 0 Å². The van der Waals surface area contributed by atoms with Gasteiger partial charge in [-0.05, 0) is 73.3 Å². The quantitative estimate of drug-likeness (QED) is 0.199. The molecule has 0 fully saturated rings. The van der Waals surface area contributed by atoms with Gasteiger partial charge in [0.25, 0.3) is 0 Å². The smallest absolute Gasteiger partial charge is 0.159 e. The van der Waals surface area contributed by atoms with Gasteiger partial charge in [0.15, 0.2) is 5.84 Å². The molecule has 2 aliphatic carbocycles. The first-order valence-electron chi connectivity index (χ1n) is 18.1. The second kappa shape index (κ2) is 11.6. The van der Waals surface area contributed by atoms with Gasteiger partial charge in [0.1, 0.15) is 12.0 Å². The van der Waals surface area contributed by atoms with E-state index in [4.69, 9.17) is 9.98 Å². The molecule has 1 spiro atoms. The summed E-state index contributed by atoms with van der Waals surface area (Å²) in [5.74, 6) is 1.54. The van der Waals surface area contributed by atoms with Crippen LogP contribution >= 0.6 is 0 Å². The number of amidine groups is 2. The van der Waals surface area contributed by atoms with Crippen molar-refractivity contribution in [2.75, 3.05) is 0 Å². The summed E-state index contributed by atoms with van der Waals surface area (Å²) in [6.45, 7) is 4.75. The molecule has 7 aromatic carbocycles. The number of nitrogens with one attached hydrogen (secondary N) is 1. The van der Waals surface area contributed by atoms with Crippen LogP contribution in [0.3, 0.4) is 0 Å². The lowest BCUT2D eigenvalue weighted by atomic mass is 9.55. The fourth-order valence-corrected chi connectivity index (χ4v) is 9.00. The number of aliphatic imine (C=N–C) groups is 2. The Hall–Kier alpha value is -6.32. The van der Waals surface area contributed by atoms with Crippen LogP contribution in [0.2, 0.25) is 0 Å². The van der Waals surface area contributed by atoms with E-state index in [-0.39, 0.29) is 11.6 Å². The van der Waals surface area contributed by atoms with Crippen LogP contribution in [0, 0.1) is 0 Å². The summed E-state index contributed by atoms with van der Waals surface area (Å²) in [6, 6.07) is 63.7. The zero-order chi connectivity index (χ0) is 34.9. The summed E-state index contributed by atoms with van der Waals surface area (Å²) in [7, 11) is 0. The van der Waals surface area contributed by atoms with Gasteiger partial charge in [0.2, 0.25) is 0 Å². The minimum Gasteiger partial charge on any atom is -0.344 e. The molecule has 0 bridgehead atoms. The van der Waals surface area contributed by atoms with Crippen molar-refractivity contribution in [3.8, 4) is 22.3 Å². The maximum Gasteiger partial charge on any atom is 0.159 e. The second-order valence-electron chi connectivity index (χ2n) is 14.6. The number of rotatable bonds is 4. The standard InChI is InChI=1S/C49H37N3/c1-48(2)41-26-13-14-27-42(41)49(39-24-11-9-22-37(39)38-23-10-12-25-40(38)49)43-29-28-36(31-44(43)48)47-51-45(33-18-7-4-8-19-33)50-46(52-47)35-21-15-20-34(30-35)32-16-5-3-6-17-32/h3-31,45H,1-2H3,(H,50,51,52). The van der Waals surface area contributed by atoms with Crippen molar-refractivity contribution in [3.63, 3.8) is 0 Å². The molecule has 1 unspecified atom stereocenters. The van der Waals surface area contributed by atoms with Gasteiger partial charge in [-0.2, -0.15) is 0 Å². The van der Waals surface area contributed by atoms with Crippen molar-refractivity contribution >= 4 is 11.7 Å². The Bertz CT molecular complexity index is 2530. The molecule has 0 saturated heterocycles. The van der Waals surface area contributed by atoms with E-state index in [1.54, 1.807) is 0 Å². The minimum absolute atomic E-state index is 0.255. The monoisotopic (exact) mass is 667 g/mol. The average Bonchev–Trinajstić information content (AvgIpc) is 3.51. The second-order valence-corrected chi connectivity index (χ2v) is 14.6. The maximum absolute atomic E-state index is 5.29. The Morgan fingerprint density at radius 1 is 0.442 bits per heavy atom. The largest absolute Gasteiger partial charge is 0.344 e. The van der Waals surface area contributed by atoms with E-state index in [1.807, 2.05) is 6.07 Å². The lowest BCUT2D eigenvalue weighted by Gasteiger charge is -2.47. The van der Waals surface area contributed by atoms with Crippen molar-refractivity contribution in [1.29, 1.82) is 0 Å². The Balaban J connectivity index is 1.17. The molecule has 52 heavy (non-hydrogen) atoms. The average molecular weight is 668 g/mol. The molecule has 0 saturated carbocycles. The third kappa shape index (κ3) is 4.45. The molecule has 1 atom stereocenters. The first-order chi connectivity index (χ1) is 25.5. The van der Waals surface area contributed by atoms with Crippen LogP contribution in [-0.4, -0.2) is 11.7 Å². The van der Waals surface area contributed by atoms with Crippen LogP contribution in [0.5, 0.6) is 0 Å². The Morgan fingerprint density at radius 2 is 1.00 bits per heavy atom. The summed E-state index contributed by atoms with van der Waals surface area (Å²) in [4.78, 5) is 10.5. The lowest BCUT2D eigenvalue weighted by Crippen LogP contribution is -2.41. The van der Waals surface area contributed by atoms with Gasteiger partial charge in [-0.3, -0.25) is 0 Å². The predicted octanol–water partition coefficient (Wildman–Crippen LogP) is 10.9. The number of hydrogen-bond donors (Lipinski definition) is 1. The van der Waals surface area contributed by atoms with Gasteiger partial charge >= 0.3 is 0 Å². The highest BCUT2D eigenvalue weighted by Crippen LogP contribution is 2.62. The van der Waals surface area contributed by atoms with Gasteiger partial charge in [0, 0.05) is 16.5 Å². The van der Waals surface area contributed by atoms with Crippen molar-refractivity contribution in [1.82, 2.24) is 5.32 Å². The van der Waals surface area contributed by atoms with Gasteiger partial charge in [-0.1, -0.05) is 178 Å². The van der Waals surface area contributed by atoms with Crippen LogP contribution in [-0.2, 0) is 10.8 Å². The lowest BCUT2D eigenvalue weighted by molar-refractivity contribution is 0.563. The van der Waals surface area contributed by atoms with Crippen LogP contribution < -0.4 is 5.32 Å². The van der Waals surface area contributed by atoms with Crippen molar-refractivity contribution < 1.29 is 0 Å². The summed E-state index contributed by atoms with van der Waals surface area (Å²) < 4.78 is 0. The molecule has 1 aliphatic heterocycles. The van der Waals surface area contributed by atoms with Crippen LogP contribution in [0.15, 0.2) is 186 Å². The zero-order valence-corrected chi connectivity index (χ0v) is 29.2. The van der Waals surface area contributed by atoms with Crippen molar-refractivity contribution in [3.05, 3.63) is 226 Å². The SMILES string of the molecule is CC1(C)c2ccccc2C2(c3ccccc3-c3ccccc32)c2ccc(C3=NC(c4cccc(-c5ccccc5)c4)=NC(c4ccccc4)N3)cc21. The molecular formula is C49H37N3. The molecule has 0 amide bonds. The van der Waals surface area contributed by atoms with E-state index >= 15 is 0 Å². The summed E-state index contributed by atoms with van der Waals surface area (Å²) >= 11 is 0. The van der Waals surface area contributed by atoms with Gasteiger partial charge in [-0.25, -0.2) is 9.98 Å². The first-order valence-corrected chi connectivity index (χ1v) is 18.1. The molecule has 0 radical (unpaired) electrons. The van der Waals surface area contributed by atoms with E-state index in [9.17, 15) is 0 Å². The van der Waals surface area contributed by atoms with E-state index in [0.717, 1.165) is 33.9 Å². The topological polar surface area (TPSA) is 36.8 Å². The van der Waals surface area contributed by atoms with E-state index in [0.29, 0.717) is 0 Å². The predicted molar refractivity (Wildman–Crippen MR) is 213 cm³/mol. The fourth-order valence-electron chi connectivity index (χ4n) is 9.00. The maximum atomic E-state index is 5.29. The number of benzene rings is 7. The third-order valence-electron chi connectivity index (χ3n) is 11.4. The van der Waals surface area contributed by atoms with Gasteiger partial charge < -0.3 is 5.32 Å². The van der Waals surface area contributed by atoms with E-state index in [1.165, 1.54) is 50.1 Å². The van der Waals surface area contributed by atoms with Gasteiger partial charge in [-0.15, -0.1) is 0 Å². The van der Waals surface area contributed by atoms with Crippen LogP contribution in [0.1, 0.15) is 70.1 Å².